The number of carbonyl (C=O) groups is 2. The van der Waals surface area contributed by atoms with Gasteiger partial charge in [-0.1, -0.05) is 60.7 Å². The fraction of sp³-hybridized carbons (Fsp3) is 0.156. The first kappa shape index (κ1) is 29.1. The van der Waals surface area contributed by atoms with E-state index < -0.39 is 5.97 Å². The van der Waals surface area contributed by atoms with Gasteiger partial charge >= 0.3 is 12.0 Å². The zero-order valence-electron chi connectivity index (χ0n) is 23.1. The van der Waals surface area contributed by atoms with Crippen molar-refractivity contribution in [2.75, 3.05) is 26.5 Å². The van der Waals surface area contributed by atoms with Crippen molar-refractivity contribution in [3.8, 4) is 17.2 Å². The van der Waals surface area contributed by atoms with Gasteiger partial charge in [0.25, 0.3) is 5.17 Å². The van der Waals surface area contributed by atoms with Crippen molar-refractivity contribution in [1.29, 1.82) is 0 Å². The minimum Gasteiger partial charge on any atom is -0.465 e. The number of thiocarbonyl (C=S) groups is 1. The van der Waals surface area contributed by atoms with E-state index in [0.29, 0.717) is 24.5 Å². The second kappa shape index (κ2) is 14.0. The molecule has 0 saturated heterocycles. The predicted molar refractivity (Wildman–Crippen MR) is 162 cm³/mol. The van der Waals surface area contributed by atoms with E-state index in [0.717, 1.165) is 16.9 Å². The van der Waals surface area contributed by atoms with Crippen molar-refractivity contribution >= 4 is 35.1 Å². The molecule has 0 aliphatic rings. The fourth-order valence-corrected chi connectivity index (χ4v) is 3.95. The molecular formula is C32H31N3O5S. The highest BCUT2D eigenvalue weighted by atomic mass is 32.1. The van der Waals surface area contributed by atoms with Gasteiger partial charge in [-0.3, -0.25) is 0 Å². The Morgan fingerprint density at radius 2 is 1.37 bits per heavy atom. The van der Waals surface area contributed by atoms with Gasteiger partial charge in [-0.05, 0) is 59.7 Å². The lowest BCUT2D eigenvalue weighted by atomic mass is 10.1. The summed E-state index contributed by atoms with van der Waals surface area (Å²) in [4.78, 5) is 29.2. The number of carbonyl (C=O) groups excluding carboxylic acids is 2. The van der Waals surface area contributed by atoms with Crippen molar-refractivity contribution in [3.63, 3.8) is 0 Å². The second-order valence-corrected chi connectivity index (χ2v) is 9.65. The maximum absolute atomic E-state index is 13.6. The van der Waals surface area contributed by atoms with Gasteiger partial charge in [0.1, 0.15) is 22.8 Å². The summed E-state index contributed by atoms with van der Waals surface area (Å²) >= 11 is 5.25. The third-order valence-corrected chi connectivity index (χ3v) is 6.43. The van der Waals surface area contributed by atoms with Crippen molar-refractivity contribution in [2.24, 2.45) is 0 Å². The molecule has 0 aliphatic carbocycles. The molecule has 0 fully saturated rings. The van der Waals surface area contributed by atoms with Gasteiger partial charge < -0.3 is 29.3 Å². The number of anilines is 1. The van der Waals surface area contributed by atoms with Gasteiger partial charge in [0.15, 0.2) is 0 Å². The maximum atomic E-state index is 13.6. The molecular weight excluding hydrogens is 538 g/mol. The first-order valence-corrected chi connectivity index (χ1v) is 13.3. The Balaban J connectivity index is 1.54. The fourth-order valence-electron chi connectivity index (χ4n) is 3.86. The number of benzene rings is 4. The summed E-state index contributed by atoms with van der Waals surface area (Å²) in [6.45, 7) is 0.726. The van der Waals surface area contributed by atoms with Crippen molar-refractivity contribution in [2.45, 2.75) is 13.1 Å². The van der Waals surface area contributed by atoms with Crippen LogP contribution < -0.4 is 14.8 Å². The summed E-state index contributed by atoms with van der Waals surface area (Å²) in [5.74, 6) is 1.05. The summed E-state index contributed by atoms with van der Waals surface area (Å²) in [5.41, 5.74) is 2.53. The summed E-state index contributed by atoms with van der Waals surface area (Å²) in [6.07, 6.45) is 0. The minimum absolute atomic E-state index is 0.157. The number of methoxy groups -OCH3 is 1. The molecule has 1 N–H and O–H groups in total. The Hall–Kier alpha value is -4.89. The number of nitrogens with zero attached hydrogens (tertiary/aromatic N) is 2. The smallest absolute Gasteiger partial charge is 0.341 e. The van der Waals surface area contributed by atoms with Gasteiger partial charge in [0, 0.05) is 38.9 Å². The number of rotatable bonds is 9. The standard InChI is InChI=1S/C32H31N3O5S/c1-34(2)32(41)40-29-20-25(16-19-28(29)30(36)38-3)33-31(37)35(21-23-10-6-4-7-11-23)22-24-14-17-27(18-15-24)39-26-12-8-5-9-13-26/h4-20H,21-22H2,1-3H3,(H,33,37). The lowest BCUT2D eigenvalue weighted by Crippen LogP contribution is -2.34. The van der Waals surface area contributed by atoms with Gasteiger partial charge in [0.05, 0.1) is 7.11 Å². The lowest BCUT2D eigenvalue weighted by Gasteiger charge is -2.24. The SMILES string of the molecule is COC(=O)c1ccc(NC(=O)N(Cc2ccccc2)Cc2ccc(Oc3ccccc3)cc2)cc1OC(=S)N(C)C. The predicted octanol–water partition coefficient (Wildman–Crippen LogP) is 6.73. The first-order valence-electron chi connectivity index (χ1n) is 12.9. The molecule has 0 unspecified atom stereocenters. The Kier molecular flexibility index (Phi) is 9.90. The molecule has 0 bridgehead atoms. The normalized spacial score (nSPS) is 10.3. The molecule has 0 saturated carbocycles. The van der Waals surface area contributed by atoms with E-state index in [1.165, 1.54) is 13.2 Å². The van der Waals surface area contributed by atoms with Crippen LogP contribution in [0.1, 0.15) is 21.5 Å². The number of ether oxygens (including phenoxy) is 3. The van der Waals surface area contributed by atoms with E-state index in [-0.39, 0.29) is 22.5 Å². The van der Waals surface area contributed by atoms with Gasteiger partial charge in [-0.2, -0.15) is 0 Å². The second-order valence-electron chi connectivity index (χ2n) is 9.30. The molecule has 2 amide bonds. The van der Waals surface area contributed by atoms with E-state index in [2.05, 4.69) is 5.32 Å². The third kappa shape index (κ3) is 8.30. The Bertz CT molecular complexity index is 1480. The Morgan fingerprint density at radius 3 is 1.98 bits per heavy atom. The highest BCUT2D eigenvalue weighted by Crippen LogP contribution is 2.26. The van der Waals surface area contributed by atoms with Crippen LogP contribution in [0.25, 0.3) is 0 Å². The summed E-state index contributed by atoms with van der Waals surface area (Å²) < 4.78 is 16.5. The van der Waals surface area contributed by atoms with Crippen LogP contribution in [0.5, 0.6) is 17.2 Å². The van der Waals surface area contributed by atoms with Crippen LogP contribution in [-0.4, -0.2) is 48.2 Å². The molecule has 0 aliphatic heterocycles. The minimum atomic E-state index is -0.579. The van der Waals surface area contributed by atoms with Crippen LogP contribution in [-0.2, 0) is 17.8 Å². The quantitative estimate of drug-likeness (QED) is 0.177. The number of nitrogens with one attached hydrogen (secondary N) is 1. The molecule has 210 valence electrons. The van der Waals surface area contributed by atoms with Crippen LogP contribution in [0.4, 0.5) is 10.5 Å². The summed E-state index contributed by atoms with van der Waals surface area (Å²) in [5, 5.41) is 3.08. The molecule has 0 heterocycles. The molecule has 0 spiro atoms. The highest BCUT2D eigenvalue weighted by Gasteiger charge is 2.19. The largest absolute Gasteiger partial charge is 0.465 e. The lowest BCUT2D eigenvalue weighted by molar-refractivity contribution is 0.0598. The number of amides is 2. The monoisotopic (exact) mass is 569 g/mol. The third-order valence-electron chi connectivity index (χ3n) is 5.98. The van der Waals surface area contributed by atoms with E-state index in [1.54, 1.807) is 36.0 Å². The van der Waals surface area contributed by atoms with Crippen molar-refractivity contribution in [3.05, 3.63) is 120 Å². The number of hydrogen-bond acceptors (Lipinski definition) is 6. The molecule has 9 heteroatoms. The Labute approximate surface area is 245 Å². The average Bonchev–Trinajstić information content (AvgIpc) is 2.98. The maximum Gasteiger partial charge on any atom is 0.341 e. The van der Waals surface area contributed by atoms with Crippen LogP contribution in [0.3, 0.4) is 0 Å². The number of hydrogen-bond donors (Lipinski definition) is 1. The molecule has 0 aromatic heterocycles. The molecule has 4 rings (SSSR count). The van der Waals surface area contributed by atoms with E-state index in [9.17, 15) is 9.59 Å². The summed E-state index contributed by atoms with van der Waals surface area (Å²) in [6, 6.07) is 31.3. The van der Waals surface area contributed by atoms with Gasteiger partial charge in [-0.15, -0.1) is 0 Å². The average molecular weight is 570 g/mol. The highest BCUT2D eigenvalue weighted by molar-refractivity contribution is 7.80. The molecule has 8 nitrogen and oxygen atoms in total. The number of esters is 1. The first-order chi connectivity index (χ1) is 19.8. The van der Waals surface area contributed by atoms with E-state index in [1.807, 2.05) is 84.9 Å². The van der Waals surface area contributed by atoms with Gasteiger partial charge in [-0.25, -0.2) is 9.59 Å². The molecule has 4 aromatic carbocycles. The van der Waals surface area contributed by atoms with Crippen molar-refractivity contribution in [1.82, 2.24) is 9.80 Å². The zero-order chi connectivity index (χ0) is 29.2. The molecule has 0 radical (unpaired) electrons. The van der Waals surface area contributed by atoms with Gasteiger partial charge in [0.2, 0.25) is 0 Å². The molecule has 41 heavy (non-hydrogen) atoms. The van der Waals surface area contributed by atoms with E-state index >= 15 is 0 Å². The van der Waals surface area contributed by atoms with Crippen molar-refractivity contribution < 1.29 is 23.8 Å². The molecule has 0 atom stereocenters. The molecule has 4 aromatic rings. The van der Waals surface area contributed by atoms with E-state index in [4.69, 9.17) is 26.4 Å². The number of urea groups is 1. The Morgan fingerprint density at radius 1 is 0.780 bits per heavy atom. The van der Waals surface area contributed by atoms with Crippen LogP contribution in [0, 0.1) is 0 Å². The zero-order valence-corrected chi connectivity index (χ0v) is 23.9. The topological polar surface area (TPSA) is 80.3 Å². The number of para-hydroxylation sites is 1. The van der Waals surface area contributed by atoms with Crippen LogP contribution >= 0.6 is 12.2 Å². The van der Waals surface area contributed by atoms with Crippen LogP contribution in [0.15, 0.2) is 103 Å². The summed E-state index contributed by atoms with van der Waals surface area (Å²) in [7, 11) is 4.75. The van der Waals surface area contributed by atoms with Crippen LogP contribution in [0.2, 0.25) is 0 Å².